The highest BCUT2D eigenvalue weighted by molar-refractivity contribution is 5.67. The molecule has 116 valence electrons. The number of nitrogens with one attached hydrogen (secondary N) is 2. The summed E-state index contributed by atoms with van der Waals surface area (Å²) in [6.45, 7) is 0. The number of nitro groups is 1. The molecule has 0 saturated heterocycles. The predicted molar refractivity (Wildman–Crippen MR) is 84.7 cm³/mol. The van der Waals surface area contributed by atoms with E-state index in [2.05, 4.69) is 20.5 Å². The van der Waals surface area contributed by atoms with E-state index in [1.54, 1.807) is 0 Å². The van der Waals surface area contributed by atoms with Gasteiger partial charge in [-0.3, -0.25) is 15.2 Å². The molecule has 2 N–H and O–H groups in total. The van der Waals surface area contributed by atoms with Gasteiger partial charge in [0.2, 0.25) is 5.95 Å². The summed E-state index contributed by atoms with van der Waals surface area (Å²) < 4.78 is 5.19. The highest BCUT2D eigenvalue weighted by atomic mass is 16.6. The van der Waals surface area contributed by atoms with Crippen LogP contribution in [0.4, 0.5) is 17.3 Å². The summed E-state index contributed by atoms with van der Waals surface area (Å²) >= 11 is 0. The number of anilines is 2. The molecule has 0 aliphatic heterocycles. The van der Waals surface area contributed by atoms with Gasteiger partial charge in [-0.2, -0.15) is 4.98 Å². The molecule has 8 nitrogen and oxygen atoms in total. The van der Waals surface area contributed by atoms with Crippen LogP contribution in [0.5, 0.6) is 5.75 Å². The minimum atomic E-state index is -0.474. The Morgan fingerprint density at radius 1 is 1.22 bits per heavy atom. The first-order chi connectivity index (χ1) is 11.2. The molecule has 2 aromatic carbocycles. The van der Waals surface area contributed by atoms with Gasteiger partial charge in [-0.05, 0) is 6.07 Å². The highest BCUT2D eigenvalue weighted by Crippen LogP contribution is 2.30. The van der Waals surface area contributed by atoms with Crippen LogP contribution in [0.3, 0.4) is 0 Å². The number of hydrogen-bond donors (Lipinski definition) is 2. The second-order valence-electron chi connectivity index (χ2n) is 4.64. The Morgan fingerprint density at radius 3 is 2.70 bits per heavy atom. The molecule has 0 amide bonds. The zero-order chi connectivity index (χ0) is 16.2. The second kappa shape index (κ2) is 6.14. The van der Waals surface area contributed by atoms with Crippen LogP contribution < -0.4 is 10.1 Å². The Labute approximate surface area is 131 Å². The zero-order valence-electron chi connectivity index (χ0n) is 12.2. The fourth-order valence-electron chi connectivity index (χ4n) is 2.07. The van der Waals surface area contributed by atoms with E-state index in [1.807, 2.05) is 30.3 Å². The number of methoxy groups -OCH3 is 1. The van der Waals surface area contributed by atoms with Gasteiger partial charge in [0.15, 0.2) is 5.82 Å². The van der Waals surface area contributed by atoms with Crippen molar-refractivity contribution in [2.75, 3.05) is 12.4 Å². The summed E-state index contributed by atoms with van der Waals surface area (Å²) in [5, 5.41) is 20.7. The number of hydrogen-bond acceptors (Lipinski definition) is 6. The van der Waals surface area contributed by atoms with Crippen LogP contribution in [0.1, 0.15) is 0 Å². The molecule has 0 atom stereocenters. The molecule has 0 bridgehead atoms. The van der Waals surface area contributed by atoms with E-state index in [1.165, 1.54) is 25.3 Å². The second-order valence-corrected chi connectivity index (χ2v) is 4.64. The van der Waals surface area contributed by atoms with E-state index < -0.39 is 4.92 Å². The molecule has 0 aliphatic rings. The van der Waals surface area contributed by atoms with Gasteiger partial charge in [0.25, 0.3) is 5.69 Å². The Bertz CT molecular complexity index is 832. The van der Waals surface area contributed by atoms with Crippen LogP contribution in [0, 0.1) is 10.1 Å². The minimum absolute atomic E-state index is 0.0490. The average molecular weight is 311 g/mol. The number of nitrogens with zero attached hydrogens (tertiary/aromatic N) is 3. The molecule has 3 aromatic rings. The first-order valence-electron chi connectivity index (χ1n) is 6.74. The van der Waals surface area contributed by atoms with Crippen LogP contribution in [0.15, 0.2) is 48.5 Å². The van der Waals surface area contributed by atoms with Crippen molar-refractivity contribution < 1.29 is 9.66 Å². The number of ether oxygens (including phenoxy) is 1. The molecule has 0 unspecified atom stereocenters. The summed E-state index contributed by atoms with van der Waals surface area (Å²) in [5.41, 5.74) is 1.26. The van der Waals surface area contributed by atoms with Crippen LogP contribution in [0.25, 0.3) is 11.4 Å². The number of benzene rings is 2. The lowest BCUT2D eigenvalue weighted by atomic mass is 10.2. The molecule has 0 aliphatic carbocycles. The quantitative estimate of drug-likeness (QED) is 0.554. The van der Waals surface area contributed by atoms with Crippen molar-refractivity contribution in [2.24, 2.45) is 0 Å². The lowest BCUT2D eigenvalue weighted by Gasteiger charge is -2.07. The molecule has 1 aromatic heterocycles. The molecule has 1 heterocycles. The summed E-state index contributed by atoms with van der Waals surface area (Å²) in [6.07, 6.45) is 0. The largest absolute Gasteiger partial charge is 0.495 e. The molecule has 0 fully saturated rings. The lowest BCUT2D eigenvalue weighted by molar-refractivity contribution is -0.384. The minimum Gasteiger partial charge on any atom is -0.495 e. The smallest absolute Gasteiger partial charge is 0.271 e. The number of nitro benzene ring substituents is 1. The third-order valence-corrected chi connectivity index (χ3v) is 3.17. The monoisotopic (exact) mass is 311 g/mol. The standard InChI is InChI=1S/C15H13N5O3/c1-23-13-8-7-11(20(21)22)9-12(13)16-15-17-14(18-19-15)10-5-3-2-4-6-10/h2-9H,1H3,(H2,16,17,18,19). The summed E-state index contributed by atoms with van der Waals surface area (Å²) in [6, 6.07) is 13.8. The normalized spacial score (nSPS) is 10.3. The highest BCUT2D eigenvalue weighted by Gasteiger charge is 2.13. The zero-order valence-corrected chi connectivity index (χ0v) is 12.2. The predicted octanol–water partition coefficient (Wildman–Crippen LogP) is 3.13. The van der Waals surface area contributed by atoms with Crippen LogP contribution >= 0.6 is 0 Å². The van der Waals surface area contributed by atoms with Crippen molar-refractivity contribution in [3.8, 4) is 17.1 Å². The van der Waals surface area contributed by atoms with Crippen molar-refractivity contribution in [1.29, 1.82) is 0 Å². The van der Waals surface area contributed by atoms with E-state index >= 15 is 0 Å². The van der Waals surface area contributed by atoms with Gasteiger partial charge >= 0.3 is 0 Å². The Balaban J connectivity index is 1.89. The van der Waals surface area contributed by atoms with E-state index in [4.69, 9.17) is 4.74 Å². The van der Waals surface area contributed by atoms with Gasteiger partial charge in [0.1, 0.15) is 5.75 Å². The molecule has 3 rings (SSSR count). The molecule has 8 heteroatoms. The molecule has 0 radical (unpaired) electrons. The third-order valence-electron chi connectivity index (χ3n) is 3.17. The molecule has 0 spiro atoms. The number of aromatic amines is 1. The van der Waals surface area contributed by atoms with E-state index in [9.17, 15) is 10.1 Å². The Morgan fingerprint density at radius 2 is 2.00 bits per heavy atom. The fraction of sp³-hybridized carbons (Fsp3) is 0.0667. The third kappa shape index (κ3) is 3.10. The van der Waals surface area contributed by atoms with E-state index in [0.717, 1.165) is 5.56 Å². The van der Waals surface area contributed by atoms with Gasteiger partial charge in [0.05, 0.1) is 17.7 Å². The van der Waals surface area contributed by atoms with Gasteiger partial charge in [-0.1, -0.05) is 30.3 Å². The number of H-pyrrole nitrogens is 1. The van der Waals surface area contributed by atoms with Crippen molar-refractivity contribution in [3.63, 3.8) is 0 Å². The maximum absolute atomic E-state index is 10.9. The van der Waals surface area contributed by atoms with Gasteiger partial charge in [-0.25, -0.2) is 0 Å². The van der Waals surface area contributed by atoms with Crippen LogP contribution in [-0.4, -0.2) is 27.2 Å². The number of rotatable bonds is 5. The van der Waals surface area contributed by atoms with Gasteiger partial charge in [0, 0.05) is 17.7 Å². The van der Waals surface area contributed by atoms with Crippen molar-refractivity contribution in [2.45, 2.75) is 0 Å². The average Bonchev–Trinajstić information content (AvgIpc) is 3.04. The topological polar surface area (TPSA) is 106 Å². The van der Waals surface area contributed by atoms with Crippen LogP contribution in [-0.2, 0) is 0 Å². The van der Waals surface area contributed by atoms with E-state index in [0.29, 0.717) is 23.2 Å². The fourth-order valence-corrected chi connectivity index (χ4v) is 2.07. The molecule has 0 saturated carbocycles. The maximum atomic E-state index is 10.9. The molecule has 23 heavy (non-hydrogen) atoms. The first-order valence-corrected chi connectivity index (χ1v) is 6.74. The van der Waals surface area contributed by atoms with Crippen molar-refractivity contribution >= 4 is 17.3 Å². The lowest BCUT2D eigenvalue weighted by Crippen LogP contribution is -1.98. The molecular formula is C15H13N5O3. The number of non-ortho nitro benzene ring substituents is 1. The van der Waals surface area contributed by atoms with Gasteiger partial charge < -0.3 is 10.1 Å². The molecular weight excluding hydrogens is 298 g/mol. The Hall–Kier alpha value is -3.42. The first kappa shape index (κ1) is 14.5. The van der Waals surface area contributed by atoms with Crippen LogP contribution in [0.2, 0.25) is 0 Å². The maximum Gasteiger partial charge on any atom is 0.271 e. The van der Waals surface area contributed by atoms with Gasteiger partial charge in [-0.15, -0.1) is 5.10 Å². The van der Waals surface area contributed by atoms with Crippen molar-refractivity contribution in [1.82, 2.24) is 15.2 Å². The Kier molecular flexibility index (Phi) is 3.88. The van der Waals surface area contributed by atoms with Crippen molar-refractivity contribution in [3.05, 3.63) is 58.6 Å². The van der Waals surface area contributed by atoms with E-state index in [-0.39, 0.29) is 5.69 Å². The SMILES string of the molecule is COc1ccc([N+](=O)[O-])cc1Nc1n[nH]c(-c2ccccc2)n1. The summed E-state index contributed by atoms with van der Waals surface area (Å²) in [5.74, 6) is 1.35. The number of aromatic nitrogens is 3. The summed E-state index contributed by atoms with van der Waals surface area (Å²) in [4.78, 5) is 14.7. The summed E-state index contributed by atoms with van der Waals surface area (Å²) in [7, 11) is 1.49.